The van der Waals surface area contributed by atoms with E-state index >= 15 is 0 Å². The third-order valence-corrected chi connectivity index (χ3v) is 2.64. The molecule has 0 saturated carbocycles. The number of rotatable bonds is 10. The fourth-order valence-corrected chi connectivity index (χ4v) is 1.50. The van der Waals surface area contributed by atoms with Crippen molar-refractivity contribution in [3.05, 3.63) is 29.8 Å². The lowest BCUT2D eigenvalue weighted by Crippen LogP contribution is -2.26. The van der Waals surface area contributed by atoms with Crippen LogP contribution in [-0.2, 0) is 14.3 Å². The number of nitrogens with zero attached hydrogens (tertiary/aromatic N) is 2. The van der Waals surface area contributed by atoms with Crippen molar-refractivity contribution in [2.45, 2.75) is 45.4 Å². The quantitative estimate of drug-likeness (QED) is 0.117. The fraction of sp³-hybridized carbons (Fsp3) is 0.533. The van der Waals surface area contributed by atoms with Crippen LogP contribution in [0, 0.1) is 0 Å². The van der Waals surface area contributed by atoms with Crippen LogP contribution in [0.25, 0.3) is 5.53 Å². The summed E-state index contributed by atoms with van der Waals surface area (Å²) >= 11 is 0. The SMILES string of the molecule is CCCCC/C=C/C=C/CCC(=O)C(=[N+]=[N-])C(=O)OC. The molecule has 0 aliphatic carbocycles. The first kappa shape index (κ1) is 18.0. The standard InChI is InChI=1S/C15H22N2O3/c1-3-4-5-6-7-8-9-10-11-12-13(18)14(17-16)15(19)20-2/h7-10H,3-6,11-12H2,1-2H3/b8-7+,10-9+. The summed E-state index contributed by atoms with van der Waals surface area (Å²) in [5, 5.41) is 0. The number of hydrogen-bond donors (Lipinski definition) is 0. The van der Waals surface area contributed by atoms with Crippen LogP contribution in [0.5, 0.6) is 0 Å². The first-order valence-electron chi connectivity index (χ1n) is 6.82. The van der Waals surface area contributed by atoms with E-state index in [1.807, 2.05) is 18.2 Å². The predicted molar refractivity (Wildman–Crippen MR) is 77.3 cm³/mol. The Morgan fingerprint density at radius 1 is 1.15 bits per heavy atom. The second-order valence-electron chi connectivity index (χ2n) is 4.25. The monoisotopic (exact) mass is 278 g/mol. The fourth-order valence-electron chi connectivity index (χ4n) is 1.50. The highest BCUT2D eigenvalue weighted by Gasteiger charge is 2.29. The second-order valence-corrected chi connectivity index (χ2v) is 4.25. The summed E-state index contributed by atoms with van der Waals surface area (Å²) in [4.78, 5) is 25.3. The lowest BCUT2D eigenvalue weighted by molar-refractivity contribution is -0.139. The average Bonchev–Trinajstić information content (AvgIpc) is 2.46. The Hall–Kier alpha value is -2.00. The van der Waals surface area contributed by atoms with E-state index in [1.165, 1.54) is 19.3 Å². The minimum atomic E-state index is -0.919. The molecule has 110 valence electrons. The van der Waals surface area contributed by atoms with Crippen LogP contribution >= 0.6 is 0 Å². The molecule has 0 aliphatic rings. The van der Waals surface area contributed by atoms with Crippen molar-refractivity contribution >= 4 is 17.5 Å². The number of esters is 1. The molecule has 0 fully saturated rings. The Balaban J connectivity index is 3.97. The van der Waals surface area contributed by atoms with Gasteiger partial charge in [0, 0.05) is 6.42 Å². The van der Waals surface area contributed by atoms with Gasteiger partial charge in [-0.15, -0.1) is 0 Å². The van der Waals surface area contributed by atoms with Crippen molar-refractivity contribution in [2.75, 3.05) is 7.11 Å². The number of methoxy groups -OCH3 is 1. The second kappa shape index (κ2) is 12.1. The molecule has 0 aromatic heterocycles. The molecule has 20 heavy (non-hydrogen) atoms. The van der Waals surface area contributed by atoms with E-state index in [-0.39, 0.29) is 6.42 Å². The molecule has 0 unspecified atom stereocenters. The van der Waals surface area contributed by atoms with Crippen molar-refractivity contribution in [3.63, 3.8) is 0 Å². The van der Waals surface area contributed by atoms with E-state index < -0.39 is 17.5 Å². The van der Waals surface area contributed by atoms with Crippen molar-refractivity contribution in [1.82, 2.24) is 0 Å². The van der Waals surface area contributed by atoms with Crippen molar-refractivity contribution in [1.29, 1.82) is 0 Å². The number of carbonyl (C=O) groups excluding carboxylic acids is 2. The molecule has 5 nitrogen and oxygen atoms in total. The van der Waals surface area contributed by atoms with Gasteiger partial charge in [0.1, 0.15) is 0 Å². The summed E-state index contributed by atoms with van der Waals surface area (Å²) in [6.45, 7) is 2.17. The van der Waals surface area contributed by atoms with Gasteiger partial charge in [-0.05, 0) is 19.3 Å². The molecule has 0 bridgehead atoms. The van der Waals surface area contributed by atoms with Gasteiger partial charge in [0.25, 0.3) is 5.78 Å². The number of ketones is 1. The Kier molecular flexibility index (Phi) is 10.8. The number of unbranched alkanes of at least 4 members (excludes halogenated alkanes) is 3. The number of Topliss-reactive ketones (excluding diaryl/α,β-unsaturated/α-hetero) is 1. The Morgan fingerprint density at radius 3 is 2.35 bits per heavy atom. The van der Waals surface area contributed by atoms with Crippen LogP contribution in [0.1, 0.15) is 45.4 Å². The maximum atomic E-state index is 11.5. The van der Waals surface area contributed by atoms with E-state index in [0.717, 1.165) is 13.5 Å². The Bertz CT molecular complexity index is 419. The van der Waals surface area contributed by atoms with Gasteiger partial charge < -0.3 is 10.3 Å². The average molecular weight is 278 g/mol. The van der Waals surface area contributed by atoms with Crippen LogP contribution in [0.15, 0.2) is 24.3 Å². The molecular weight excluding hydrogens is 256 g/mol. The lowest BCUT2D eigenvalue weighted by atomic mass is 10.1. The summed E-state index contributed by atoms with van der Waals surface area (Å²) in [6, 6.07) is 0. The van der Waals surface area contributed by atoms with E-state index in [2.05, 4.69) is 22.5 Å². The summed E-state index contributed by atoms with van der Waals surface area (Å²) < 4.78 is 4.34. The van der Waals surface area contributed by atoms with Gasteiger partial charge in [-0.3, -0.25) is 4.79 Å². The minimum absolute atomic E-state index is 0.106. The summed E-state index contributed by atoms with van der Waals surface area (Å²) in [5.41, 5.74) is 8.02. The van der Waals surface area contributed by atoms with Crippen LogP contribution < -0.4 is 0 Å². The smallest absolute Gasteiger partial charge is 0.441 e. The van der Waals surface area contributed by atoms with Gasteiger partial charge in [0.05, 0.1) is 7.11 Å². The predicted octanol–water partition coefficient (Wildman–Crippen LogP) is 2.87. The molecule has 0 rings (SSSR count). The lowest BCUT2D eigenvalue weighted by Gasteiger charge is -1.93. The van der Waals surface area contributed by atoms with Gasteiger partial charge in [-0.1, -0.05) is 44.1 Å². The zero-order chi connectivity index (χ0) is 15.2. The van der Waals surface area contributed by atoms with Gasteiger partial charge in [-0.25, -0.2) is 4.79 Å². The molecule has 0 amide bonds. The van der Waals surface area contributed by atoms with Gasteiger partial charge >= 0.3 is 11.7 Å². The maximum absolute atomic E-state index is 11.5. The molecule has 0 aliphatic heterocycles. The third kappa shape index (κ3) is 8.16. The van der Waals surface area contributed by atoms with Crippen LogP contribution in [0.4, 0.5) is 0 Å². The molecule has 0 atom stereocenters. The molecular formula is C15H22N2O3. The highest BCUT2D eigenvalue weighted by Crippen LogP contribution is 2.00. The first-order chi connectivity index (χ1) is 9.67. The van der Waals surface area contributed by atoms with Gasteiger partial charge in [-0.2, -0.15) is 4.79 Å². The van der Waals surface area contributed by atoms with E-state index in [9.17, 15) is 9.59 Å². The van der Waals surface area contributed by atoms with E-state index in [1.54, 1.807) is 0 Å². The van der Waals surface area contributed by atoms with Gasteiger partial charge in [0.2, 0.25) is 0 Å². The van der Waals surface area contributed by atoms with Crippen LogP contribution in [0.3, 0.4) is 0 Å². The zero-order valence-electron chi connectivity index (χ0n) is 12.2. The number of ether oxygens (including phenoxy) is 1. The van der Waals surface area contributed by atoms with Crippen molar-refractivity contribution < 1.29 is 19.1 Å². The number of hydrogen-bond acceptors (Lipinski definition) is 3. The highest BCUT2D eigenvalue weighted by atomic mass is 16.5. The van der Waals surface area contributed by atoms with E-state index in [4.69, 9.17) is 5.53 Å². The molecule has 0 saturated heterocycles. The van der Waals surface area contributed by atoms with Crippen molar-refractivity contribution in [3.8, 4) is 0 Å². The van der Waals surface area contributed by atoms with E-state index in [0.29, 0.717) is 6.42 Å². The molecule has 0 spiro atoms. The summed E-state index contributed by atoms with van der Waals surface area (Å²) in [7, 11) is 1.13. The van der Waals surface area contributed by atoms with Crippen LogP contribution in [0.2, 0.25) is 0 Å². The molecule has 0 aromatic carbocycles. The number of carbonyl (C=O) groups is 2. The minimum Gasteiger partial charge on any atom is -0.460 e. The maximum Gasteiger partial charge on any atom is 0.441 e. The first-order valence-corrected chi connectivity index (χ1v) is 6.82. The van der Waals surface area contributed by atoms with Crippen LogP contribution in [-0.4, -0.2) is 29.4 Å². The van der Waals surface area contributed by atoms with Crippen molar-refractivity contribution in [2.24, 2.45) is 0 Å². The third-order valence-electron chi connectivity index (χ3n) is 2.64. The summed E-state index contributed by atoms with van der Waals surface area (Å²) in [6.07, 6.45) is 13.0. The topological polar surface area (TPSA) is 79.8 Å². The molecule has 0 heterocycles. The zero-order valence-corrected chi connectivity index (χ0v) is 12.2. The molecule has 5 heteroatoms. The number of allylic oxidation sites excluding steroid dienone is 4. The normalized spacial score (nSPS) is 10.7. The summed E-state index contributed by atoms with van der Waals surface area (Å²) in [5.74, 6) is -1.45. The highest BCUT2D eigenvalue weighted by molar-refractivity contribution is 6.62. The molecule has 0 N–H and O–H groups in total. The van der Waals surface area contributed by atoms with Gasteiger partial charge in [0.15, 0.2) is 0 Å². The Labute approximate surface area is 119 Å². The largest absolute Gasteiger partial charge is 0.460 e. The molecule has 0 radical (unpaired) electrons. The molecule has 0 aromatic rings. The Morgan fingerprint density at radius 2 is 1.80 bits per heavy atom.